The van der Waals surface area contributed by atoms with E-state index in [0.29, 0.717) is 5.57 Å². The zero-order valence-electron chi connectivity index (χ0n) is 18.2. The first kappa shape index (κ1) is 22.9. The monoisotopic (exact) mass is 462 g/mol. The fourth-order valence-electron chi connectivity index (χ4n) is 4.04. The predicted molar refractivity (Wildman–Crippen MR) is 115 cm³/mol. The van der Waals surface area contributed by atoms with E-state index in [-0.39, 0.29) is 30.8 Å². The van der Waals surface area contributed by atoms with Crippen molar-refractivity contribution in [2.75, 3.05) is 19.7 Å². The molecule has 1 saturated heterocycles. The topological polar surface area (TPSA) is 164 Å². The smallest absolute Gasteiger partial charge is 0.332 e. The number of aliphatic hydroxyl groups is 3. The number of aryl methyl sites for hydroxylation is 2. The van der Waals surface area contributed by atoms with Crippen LogP contribution in [0.3, 0.4) is 0 Å². The molecule has 2 aromatic heterocycles. The van der Waals surface area contributed by atoms with Gasteiger partial charge in [0.05, 0.1) is 19.5 Å². The molecule has 13 heteroatoms. The van der Waals surface area contributed by atoms with Gasteiger partial charge in [0.1, 0.15) is 18.3 Å². The summed E-state index contributed by atoms with van der Waals surface area (Å²) in [5.41, 5.74) is -0.0827. The van der Waals surface area contributed by atoms with Gasteiger partial charge in [0.2, 0.25) is 5.91 Å². The van der Waals surface area contributed by atoms with E-state index in [0.717, 1.165) is 4.57 Å². The number of rotatable bonds is 6. The largest absolute Gasteiger partial charge is 0.394 e. The number of amides is 1. The van der Waals surface area contributed by atoms with Crippen LogP contribution in [0.25, 0.3) is 11.2 Å². The lowest BCUT2D eigenvalue weighted by atomic mass is 10.1. The van der Waals surface area contributed by atoms with E-state index < -0.39 is 48.3 Å². The first-order valence-electron chi connectivity index (χ1n) is 10.4. The van der Waals surface area contributed by atoms with Gasteiger partial charge in [0.15, 0.2) is 17.4 Å². The molecule has 4 heterocycles. The third kappa shape index (κ3) is 3.99. The summed E-state index contributed by atoms with van der Waals surface area (Å²) in [6, 6.07) is 0. The van der Waals surface area contributed by atoms with E-state index in [2.05, 4.69) is 10.3 Å². The highest BCUT2D eigenvalue weighted by Crippen LogP contribution is 2.26. The average Bonchev–Trinajstić information content (AvgIpc) is 3.34. The van der Waals surface area contributed by atoms with E-state index in [4.69, 9.17) is 4.74 Å². The van der Waals surface area contributed by atoms with Gasteiger partial charge in [0.25, 0.3) is 5.56 Å². The average molecular weight is 462 g/mol. The number of allylic oxidation sites excluding steroid dienone is 2. The molecule has 2 aliphatic rings. The molecule has 1 fully saturated rings. The van der Waals surface area contributed by atoms with Crippen LogP contribution < -0.4 is 16.6 Å². The lowest BCUT2D eigenvalue weighted by Gasteiger charge is -2.31. The van der Waals surface area contributed by atoms with Crippen LogP contribution in [0.5, 0.6) is 0 Å². The van der Waals surface area contributed by atoms with Gasteiger partial charge in [0, 0.05) is 39.0 Å². The molecule has 4 N–H and O–H groups in total. The van der Waals surface area contributed by atoms with E-state index in [9.17, 15) is 29.7 Å². The van der Waals surface area contributed by atoms with Crippen molar-refractivity contribution in [2.45, 2.75) is 31.1 Å². The van der Waals surface area contributed by atoms with Crippen molar-refractivity contribution in [3.63, 3.8) is 0 Å². The Morgan fingerprint density at radius 1 is 1.27 bits per heavy atom. The molecule has 0 saturated carbocycles. The summed E-state index contributed by atoms with van der Waals surface area (Å²) >= 11 is 0. The Labute approximate surface area is 187 Å². The van der Waals surface area contributed by atoms with Gasteiger partial charge >= 0.3 is 5.69 Å². The van der Waals surface area contributed by atoms with E-state index in [1.54, 1.807) is 30.3 Å². The van der Waals surface area contributed by atoms with Crippen LogP contribution in [-0.2, 0) is 30.2 Å². The molecule has 4 rings (SSSR count). The summed E-state index contributed by atoms with van der Waals surface area (Å²) in [5.74, 6) is -0.414. The Morgan fingerprint density at radius 3 is 2.73 bits per heavy atom. The third-order valence-electron chi connectivity index (χ3n) is 5.89. The molecule has 13 nitrogen and oxygen atoms in total. The summed E-state index contributed by atoms with van der Waals surface area (Å²) in [5, 5.41) is 32.1. The second kappa shape index (κ2) is 8.94. The van der Waals surface area contributed by atoms with Gasteiger partial charge < -0.3 is 34.8 Å². The molecule has 0 unspecified atom stereocenters. The molecule has 4 atom stereocenters. The summed E-state index contributed by atoms with van der Waals surface area (Å²) < 4.78 is 9.37. The number of carbonyl (C=O) groups excluding carboxylic acids is 1. The van der Waals surface area contributed by atoms with Gasteiger partial charge in [-0.2, -0.15) is 0 Å². The SMILES string of the molecule is Cn1cnc2c1c(=O)n(CCNC(=O)C1=CC=CN([C@@H]3O[C@H](CO)[C@@H](O)[C@H]3O)C1)c(=O)n2C. The van der Waals surface area contributed by atoms with Gasteiger partial charge in [-0.1, -0.05) is 6.08 Å². The van der Waals surface area contributed by atoms with Crippen molar-refractivity contribution in [3.8, 4) is 0 Å². The first-order valence-corrected chi connectivity index (χ1v) is 10.4. The molecule has 33 heavy (non-hydrogen) atoms. The number of fused-ring (bicyclic) bond motifs is 1. The number of nitrogens with zero attached hydrogens (tertiary/aromatic N) is 5. The van der Waals surface area contributed by atoms with E-state index >= 15 is 0 Å². The molecule has 2 aromatic rings. The summed E-state index contributed by atoms with van der Waals surface area (Å²) in [4.78, 5) is 43.6. The molecular formula is C20H26N6O7. The normalized spacial score (nSPS) is 25.0. The molecular weight excluding hydrogens is 436 g/mol. The highest BCUT2D eigenvalue weighted by atomic mass is 16.6. The van der Waals surface area contributed by atoms with Crippen molar-refractivity contribution in [3.05, 3.63) is 51.1 Å². The number of hydrogen-bond acceptors (Lipinski definition) is 9. The van der Waals surface area contributed by atoms with Gasteiger partial charge in [-0.15, -0.1) is 0 Å². The number of hydrogen-bond donors (Lipinski definition) is 4. The quantitative estimate of drug-likeness (QED) is 0.345. The Balaban J connectivity index is 1.41. The molecule has 0 spiro atoms. The molecule has 178 valence electrons. The number of nitrogens with one attached hydrogen (secondary N) is 1. The predicted octanol–water partition coefficient (Wildman–Crippen LogP) is -3.26. The van der Waals surface area contributed by atoms with Gasteiger partial charge in [-0.25, -0.2) is 9.78 Å². The molecule has 2 aliphatic heterocycles. The number of imidazole rings is 1. The Kier molecular flexibility index (Phi) is 6.21. The Morgan fingerprint density at radius 2 is 2.03 bits per heavy atom. The fourth-order valence-corrected chi connectivity index (χ4v) is 4.04. The van der Waals surface area contributed by atoms with Crippen molar-refractivity contribution in [2.24, 2.45) is 14.1 Å². The minimum absolute atomic E-state index is 0.0278. The van der Waals surface area contributed by atoms with Crippen molar-refractivity contribution in [1.29, 1.82) is 0 Å². The standard InChI is InChI=1S/C20H26N6O7/c1-23-10-22-16-13(23)18(31)26(20(32)24(16)2)7-5-21-17(30)11-4-3-6-25(8-11)19-15(29)14(28)12(9-27)33-19/h3-4,6,10,12,14-15,19,27-29H,5,7-9H2,1-2H3,(H,21,30)/t12-,14-,15-,19-/m1/s1. The zero-order chi connectivity index (χ0) is 23.9. The van der Waals surface area contributed by atoms with Crippen LogP contribution in [0, 0.1) is 0 Å². The maximum Gasteiger partial charge on any atom is 0.332 e. The van der Waals surface area contributed by atoms with Crippen molar-refractivity contribution >= 4 is 17.1 Å². The van der Waals surface area contributed by atoms with Gasteiger partial charge in [-0.05, 0) is 6.08 Å². The van der Waals surface area contributed by atoms with E-state index in [1.165, 1.54) is 22.5 Å². The Bertz CT molecular complexity index is 1240. The maximum atomic E-state index is 12.7. The van der Waals surface area contributed by atoms with E-state index in [1.807, 2.05) is 0 Å². The third-order valence-corrected chi connectivity index (χ3v) is 5.89. The minimum Gasteiger partial charge on any atom is -0.394 e. The number of ether oxygens (including phenoxy) is 1. The highest BCUT2D eigenvalue weighted by molar-refractivity contribution is 5.94. The van der Waals surface area contributed by atoms with Crippen LogP contribution in [0.2, 0.25) is 0 Å². The van der Waals surface area contributed by atoms with Crippen LogP contribution in [0.4, 0.5) is 0 Å². The molecule has 0 aromatic carbocycles. The first-order chi connectivity index (χ1) is 15.7. The second-order valence-corrected chi connectivity index (χ2v) is 8.02. The number of aliphatic hydroxyl groups excluding tert-OH is 3. The lowest BCUT2D eigenvalue weighted by molar-refractivity contribution is -0.118. The van der Waals surface area contributed by atoms with Crippen molar-refractivity contribution < 1.29 is 24.9 Å². The summed E-state index contributed by atoms with van der Waals surface area (Å²) in [6.45, 7) is -0.344. The fraction of sp³-hybridized carbons (Fsp3) is 0.500. The maximum absolute atomic E-state index is 12.7. The Hall–Kier alpha value is -3.26. The van der Waals surface area contributed by atoms with Gasteiger partial charge in [-0.3, -0.25) is 18.7 Å². The summed E-state index contributed by atoms with van der Waals surface area (Å²) in [7, 11) is 3.19. The second-order valence-electron chi connectivity index (χ2n) is 8.02. The lowest BCUT2D eigenvalue weighted by Crippen LogP contribution is -2.45. The van der Waals surface area contributed by atoms with Crippen molar-refractivity contribution in [1.82, 2.24) is 28.9 Å². The van der Waals surface area contributed by atoms with Crippen LogP contribution in [0.15, 0.2) is 39.8 Å². The highest BCUT2D eigenvalue weighted by Gasteiger charge is 2.45. The number of aromatic nitrogens is 4. The zero-order valence-corrected chi connectivity index (χ0v) is 18.2. The molecule has 1 amide bonds. The van der Waals surface area contributed by atoms with Crippen LogP contribution in [0.1, 0.15) is 0 Å². The molecule has 0 aliphatic carbocycles. The number of carbonyl (C=O) groups is 1. The molecule has 0 radical (unpaired) electrons. The summed E-state index contributed by atoms with van der Waals surface area (Å²) in [6.07, 6.45) is 1.94. The van der Waals surface area contributed by atoms with Crippen LogP contribution in [-0.4, -0.2) is 89.0 Å². The minimum atomic E-state index is -1.25. The molecule has 0 bridgehead atoms. The van der Waals surface area contributed by atoms with Crippen LogP contribution >= 0.6 is 0 Å².